The quantitative estimate of drug-likeness (QED) is 0.537. The van der Waals surface area contributed by atoms with Crippen molar-refractivity contribution >= 4 is 21.7 Å². The van der Waals surface area contributed by atoms with Gasteiger partial charge in [-0.2, -0.15) is 14.3 Å². The summed E-state index contributed by atoms with van der Waals surface area (Å²) in [4.78, 5) is 0. The lowest BCUT2D eigenvalue weighted by molar-refractivity contribution is 0.700. The Balaban J connectivity index is 1.92. The number of rotatable bonds is 2. The van der Waals surface area contributed by atoms with Crippen LogP contribution in [0.2, 0.25) is 0 Å². The molecule has 0 bridgehead atoms. The molecule has 0 amide bonds. The number of halogens is 1. The largest absolute Gasteiger partial charge is 0.291 e. The maximum Gasteiger partial charge on any atom is 0.291 e. The lowest BCUT2D eigenvalue weighted by Crippen LogP contribution is -2.10. The van der Waals surface area contributed by atoms with E-state index in [0.29, 0.717) is 17.6 Å². The van der Waals surface area contributed by atoms with Crippen molar-refractivity contribution in [2.24, 2.45) is 0 Å². The molecule has 9 heteroatoms. The molecule has 3 heterocycles. The van der Waals surface area contributed by atoms with E-state index in [1.807, 2.05) is 44.2 Å². The molecule has 0 N–H and O–H groups in total. The number of aryl methyl sites for hydroxylation is 1. The van der Waals surface area contributed by atoms with Crippen molar-refractivity contribution in [1.82, 2.24) is 39.8 Å². The highest BCUT2D eigenvalue weighted by Gasteiger charge is 2.16. The monoisotopic (exact) mass is 370 g/mol. The third-order valence-electron chi connectivity index (χ3n) is 3.47. The molecular formula is C14H11BrN8. The van der Waals surface area contributed by atoms with Gasteiger partial charge < -0.3 is 0 Å². The zero-order chi connectivity index (χ0) is 16.0. The molecule has 0 unspecified atom stereocenters. The third kappa shape index (κ3) is 2.20. The number of hydrogen-bond donors (Lipinski definition) is 0. The Bertz CT molecular complexity index is 1000. The maximum absolute atomic E-state index is 4.49. The highest BCUT2D eigenvalue weighted by atomic mass is 79.9. The molecule has 4 rings (SSSR count). The second kappa shape index (κ2) is 5.20. The Morgan fingerprint density at radius 1 is 0.913 bits per heavy atom. The first kappa shape index (κ1) is 13.9. The van der Waals surface area contributed by atoms with Crippen molar-refractivity contribution < 1.29 is 0 Å². The Morgan fingerprint density at radius 3 is 2.35 bits per heavy atom. The standard InChI is InChI=1S/C14H11BrN8/c1-8-11(15)9(2)22(20-8)14-19-18-13-17-16-12(23(13)21-14)10-6-4-3-5-7-10/h3-7H,1-2H3. The molecule has 3 aromatic heterocycles. The van der Waals surface area contributed by atoms with E-state index in [4.69, 9.17) is 0 Å². The van der Waals surface area contributed by atoms with Crippen LogP contribution in [0.3, 0.4) is 0 Å². The zero-order valence-electron chi connectivity index (χ0n) is 12.3. The van der Waals surface area contributed by atoms with Crippen molar-refractivity contribution in [2.45, 2.75) is 13.8 Å². The summed E-state index contributed by atoms with van der Waals surface area (Å²) in [5.41, 5.74) is 2.66. The van der Waals surface area contributed by atoms with Gasteiger partial charge >= 0.3 is 0 Å². The van der Waals surface area contributed by atoms with Crippen molar-refractivity contribution in [3.05, 3.63) is 46.2 Å². The number of benzene rings is 1. The minimum Gasteiger partial charge on any atom is -0.199 e. The highest BCUT2D eigenvalue weighted by Crippen LogP contribution is 2.22. The van der Waals surface area contributed by atoms with Gasteiger partial charge in [-0.3, -0.25) is 0 Å². The molecule has 0 fully saturated rings. The van der Waals surface area contributed by atoms with E-state index in [-0.39, 0.29) is 0 Å². The summed E-state index contributed by atoms with van der Waals surface area (Å²) >= 11 is 3.50. The number of nitrogens with zero attached hydrogens (tertiary/aromatic N) is 8. The summed E-state index contributed by atoms with van der Waals surface area (Å²) in [6.45, 7) is 3.84. The van der Waals surface area contributed by atoms with Crippen LogP contribution in [0.5, 0.6) is 0 Å². The van der Waals surface area contributed by atoms with Gasteiger partial charge in [-0.1, -0.05) is 30.3 Å². The Hall–Kier alpha value is -2.68. The summed E-state index contributed by atoms with van der Waals surface area (Å²) in [6, 6.07) is 9.70. The van der Waals surface area contributed by atoms with Gasteiger partial charge in [0.15, 0.2) is 5.82 Å². The van der Waals surface area contributed by atoms with Crippen LogP contribution in [0.1, 0.15) is 11.4 Å². The smallest absolute Gasteiger partial charge is 0.199 e. The van der Waals surface area contributed by atoms with Gasteiger partial charge in [0.25, 0.3) is 11.7 Å². The van der Waals surface area contributed by atoms with Gasteiger partial charge in [-0.05, 0) is 29.8 Å². The molecule has 0 atom stereocenters. The van der Waals surface area contributed by atoms with Gasteiger partial charge in [0.2, 0.25) is 0 Å². The van der Waals surface area contributed by atoms with Crippen LogP contribution in [0.25, 0.3) is 23.1 Å². The maximum atomic E-state index is 4.49. The predicted octanol–water partition coefficient (Wildman–Crippen LogP) is 2.15. The minimum atomic E-state index is 0.341. The summed E-state index contributed by atoms with van der Waals surface area (Å²) in [6.07, 6.45) is 0. The Morgan fingerprint density at radius 2 is 1.65 bits per heavy atom. The van der Waals surface area contributed by atoms with E-state index in [1.165, 1.54) is 0 Å². The van der Waals surface area contributed by atoms with E-state index in [1.54, 1.807) is 9.20 Å². The van der Waals surface area contributed by atoms with Gasteiger partial charge in [0.1, 0.15) is 0 Å². The van der Waals surface area contributed by atoms with Crippen LogP contribution < -0.4 is 0 Å². The molecule has 0 saturated heterocycles. The molecule has 0 aliphatic rings. The summed E-state index contributed by atoms with van der Waals surface area (Å²) in [5, 5.41) is 25.3. The normalized spacial score (nSPS) is 11.3. The number of aromatic nitrogens is 8. The molecule has 0 saturated carbocycles. The van der Waals surface area contributed by atoms with Crippen LogP contribution >= 0.6 is 15.9 Å². The lowest BCUT2D eigenvalue weighted by atomic mass is 10.2. The van der Waals surface area contributed by atoms with E-state index < -0.39 is 0 Å². The average Bonchev–Trinajstić information content (AvgIpc) is 3.12. The van der Waals surface area contributed by atoms with Gasteiger partial charge in [-0.15, -0.1) is 25.5 Å². The molecule has 114 valence electrons. The van der Waals surface area contributed by atoms with Crippen LogP contribution in [0, 0.1) is 13.8 Å². The van der Waals surface area contributed by atoms with E-state index in [2.05, 4.69) is 46.5 Å². The average molecular weight is 371 g/mol. The second-order valence-electron chi connectivity index (χ2n) is 5.00. The highest BCUT2D eigenvalue weighted by molar-refractivity contribution is 9.10. The first-order chi connectivity index (χ1) is 11.1. The summed E-state index contributed by atoms with van der Waals surface area (Å²) in [5.74, 6) is 1.31. The van der Waals surface area contributed by atoms with Crippen LogP contribution in [-0.4, -0.2) is 39.8 Å². The van der Waals surface area contributed by atoms with E-state index >= 15 is 0 Å². The Labute approximate surface area is 139 Å². The van der Waals surface area contributed by atoms with Crippen LogP contribution in [-0.2, 0) is 0 Å². The lowest BCUT2D eigenvalue weighted by Gasteiger charge is -2.03. The number of hydrogen-bond acceptors (Lipinski definition) is 6. The third-order valence-corrected chi connectivity index (χ3v) is 4.61. The summed E-state index contributed by atoms with van der Waals surface area (Å²) in [7, 11) is 0. The zero-order valence-corrected chi connectivity index (χ0v) is 13.9. The fraction of sp³-hybridized carbons (Fsp3) is 0.143. The molecule has 0 aliphatic carbocycles. The van der Waals surface area contributed by atoms with Crippen molar-refractivity contribution in [1.29, 1.82) is 0 Å². The molecule has 4 aromatic rings. The SMILES string of the molecule is Cc1nn(-c2nnc3nnc(-c4ccccc4)n3n2)c(C)c1Br. The van der Waals surface area contributed by atoms with Crippen molar-refractivity contribution in [3.8, 4) is 17.3 Å². The predicted molar refractivity (Wildman–Crippen MR) is 86.1 cm³/mol. The Kier molecular flexibility index (Phi) is 3.15. The topological polar surface area (TPSA) is 86.7 Å². The van der Waals surface area contributed by atoms with E-state index in [0.717, 1.165) is 21.4 Å². The van der Waals surface area contributed by atoms with Gasteiger partial charge in [0, 0.05) is 5.56 Å². The molecule has 0 aliphatic heterocycles. The molecule has 1 aromatic carbocycles. The van der Waals surface area contributed by atoms with Crippen molar-refractivity contribution in [3.63, 3.8) is 0 Å². The van der Waals surface area contributed by atoms with Crippen LogP contribution in [0.4, 0.5) is 0 Å². The minimum absolute atomic E-state index is 0.341. The van der Waals surface area contributed by atoms with E-state index in [9.17, 15) is 0 Å². The van der Waals surface area contributed by atoms with Crippen molar-refractivity contribution in [2.75, 3.05) is 0 Å². The molecule has 0 spiro atoms. The fourth-order valence-corrected chi connectivity index (χ4v) is 2.54. The second-order valence-corrected chi connectivity index (χ2v) is 5.79. The first-order valence-corrected chi connectivity index (χ1v) is 7.68. The van der Waals surface area contributed by atoms with Crippen LogP contribution in [0.15, 0.2) is 34.8 Å². The molecular weight excluding hydrogens is 360 g/mol. The molecule has 8 nitrogen and oxygen atoms in total. The van der Waals surface area contributed by atoms with Gasteiger partial charge in [0.05, 0.1) is 15.9 Å². The summed E-state index contributed by atoms with van der Waals surface area (Å²) < 4.78 is 4.14. The molecule has 0 radical (unpaired) electrons. The number of fused-ring (bicyclic) bond motifs is 1. The molecule has 23 heavy (non-hydrogen) atoms. The first-order valence-electron chi connectivity index (χ1n) is 6.89. The fourth-order valence-electron chi connectivity index (χ4n) is 2.30. The van der Waals surface area contributed by atoms with Gasteiger partial charge in [-0.25, -0.2) is 0 Å².